The minimum Gasteiger partial charge on any atom is -0.342 e. The van der Waals surface area contributed by atoms with E-state index in [4.69, 9.17) is 18.1 Å². The van der Waals surface area contributed by atoms with E-state index in [1.165, 1.54) is 13.8 Å². The molecule has 12 nitrogen and oxygen atoms in total. The van der Waals surface area contributed by atoms with Crippen LogP contribution >= 0.6 is 15.2 Å². The van der Waals surface area contributed by atoms with Gasteiger partial charge in [0.05, 0.1) is 26.4 Å². The molecule has 0 aliphatic rings. The largest absolute Gasteiger partial charge is 0.362 e. The van der Waals surface area contributed by atoms with E-state index in [0.717, 1.165) is 4.90 Å². The van der Waals surface area contributed by atoms with Crippen LogP contribution in [-0.4, -0.2) is 67.2 Å². The normalized spacial score (nSPS) is 13.0. The summed E-state index contributed by atoms with van der Waals surface area (Å²) in [7, 11) is -7.79. The molecule has 0 saturated heterocycles. The SMILES string of the molecule is CCOP(=O)(CNC(=O)C(C)(C)N(Cc1ccccc1)C(=O)C(NC=O)P(=O)(OCC)OCC)OCC. The number of rotatable bonds is 18. The Morgan fingerprint density at radius 3 is 1.92 bits per heavy atom. The van der Waals surface area contributed by atoms with Crippen LogP contribution in [0.2, 0.25) is 0 Å². The minimum absolute atomic E-state index is 0.0473. The maximum atomic E-state index is 13.9. The van der Waals surface area contributed by atoms with Crippen molar-refractivity contribution < 1.29 is 41.6 Å². The Labute approximate surface area is 218 Å². The first-order valence-electron chi connectivity index (χ1n) is 12.0. The van der Waals surface area contributed by atoms with E-state index in [2.05, 4.69) is 10.6 Å². The van der Waals surface area contributed by atoms with Crippen molar-refractivity contribution in [2.45, 2.75) is 59.4 Å². The van der Waals surface area contributed by atoms with Gasteiger partial charge >= 0.3 is 15.2 Å². The number of carbonyl (C=O) groups is 3. The van der Waals surface area contributed by atoms with Gasteiger partial charge in [-0.1, -0.05) is 30.3 Å². The van der Waals surface area contributed by atoms with E-state index in [9.17, 15) is 23.5 Å². The summed E-state index contributed by atoms with van der Waals surface area (Å²) >= 11 is 0. The second-order valence-electron chi connectivity index (χ2n) is 8.14. The molecule has 0 aliphatic heterocycles. The molecule has 1 aromatic rings. The molecule has 1 aromatic carbocycles. The molecule has 0 spiro atoms. The zero-order valence-corrected chi connectivity index (χ0v) is 24.1. The molecule has 210 valence electrons. The van der Waals surface area contributed by atoms with Gasteiger partial charge in [-0.3, -0.25) is 23.5 Å². The molecule has 1 atom stereocenters. The van der Waals surface area contributed by atoms with Crippen LogP contribution in [0.3, 0.4) is 0 Å². The fourth-order valence-electron chi connectivity index (χ4n) is 3.40. The number of nitrogens with one attached hydrogen (secondary N) is 2. The predicted octanol–water partition coefficient (Wildman–Crippen LogP) is 3.47. The number of nitrogens with zero attached hydrogens (tertiary/aromatic N) is 1. The van der Waals surface area contributed by atoms with Crippen molar-refractivity contribution in [1.29, 1.82) is 0 Å². The van der Waals surface area contributed by atoms with Crippen molar-refractivity contribution in [3.63, 3.8) is 0 Å². The van der Waals surface area contributed by atoms with Gasteiger partial charge in [0.1, 0.15) is 11.8 Å². The van der Waals surface area contributed by atoms with Crippen molar-refractivity contribution in [2.24, 2.45) is 0 Å². The highest BCUT2D eigenvalue weighted by atomic mass is 31.2. The lowest BCUT2D eigenvalue weighted by Gasteiger charge is -2.40. The minimum atomic E-state index is -4.17. The van der Waals surface area contributed by atoms with Crippen molar-refractivity contribution >= 4 is 33.4 Å². The van der Waals surface area contributed by atoms with Gasteiger partial charge in [-0.2, -0.15) is 0 Å². The number of carbonyl (C=O) groups excluding carboxylic acids is 3. The summed E-state index contributed by atoms with van der Waals surface area (Å²) in [6.07, 6.45) is -0.196. The standard InChI is InChI=1S/C23H39N3O9P2/c1-7-32-36(30,33-8-2)18-25-22(29)23(5,6)26(16-19-14-12-11-13-15-19)21(28)20(24-17-27)37(31,34-9-3)35-10-4/h11-15,17,20H,7-10,16,18H2,1-6H3,(H,24,27)(H,25,29). The van der Waals surface area contributed by atoms with Crippen LogP contribution in [0.4, 0.5) is 0 Å². The van der Waals surface area contributed by atoms with Gasteiger partial charge in [-0.15, -0.1) is 0 Å². The van der Waals surface area contributed by atoms with E-state index in [1.807, 2.05) is 0 Å². The summed E-state index contributed by atoms with van der Waals surface area (Å²) in [5.74, 6) is -3.25. The van der Waals surface area contributed by atoms with Crippen molar-refractivity contribution in [1.82, 2.24) is 15.5 Å². The zero-order valence-electron chi connectivity index (χ0n) is 22.3. The zero-order chi connectivity index (χ0) is 28.1. The lowest BCUT2D eigenvalue weighted by Crippen LogP contribution is -2.60. The summed E-state index contributed by atoms with van der Waals surface area (Å²) in [6.45, 7) is 9.42. The molecule has 0 bridgehead atoms. The Balaban J connectivity index is 3.45. The molecule has 0 aliphatic carbocycles. The van der Waals surface area contributed by atoms with Crippen LogP contribution in [0.5, 0.6) is 0 Å². The second-order valence-corrected chi connectivity index (χ2v) is 12.3. The molecule has 3 amide bonds. The van der Waals surface area contributed by atoms with E-state index in [1.54, 1.807) is 58.0 Å². The molecule has 14 heteroatoms. The van der Waals surface area contributed by atoms with Crippen molar-refractivity contribution in [3.8, 4) is 0 Å². The number of amides is 3. The first kappa shape index (κ1) is 33.0. The molecule has 1 rings (SSSR count). The van der Waals surface area contributed by atoms with Gasteiger partial charge in [0.2, 0.25) is 18.1 Å². The highest BCUT2D eigenvalue weighted by Crippen LogP contribution is 2.53. The van der Waals surface area contributed by atoms with Crippen LogP contribution in [0, 0.1) is 0 Å². The first-order chi connectivity index (χ1) is 17.4. The molecule has 37 heavy (non-hydrogen) atoms. The topological polar surface area (TPSA) is 150 Å². The first-order valence-corrected chi connectivity index (χ1v) is 15.4. The fourth-order valence-corrected chi connectivity index (χ4v) is 6.53. The maximum absolute atomic E-state index is 13.9. The predicted molar refractivity (Wildman–Crippen MR) is 139 cm³/mol. The van der Waals surface area contributed by atoms with E-state index < -0.39 is 44.6 Å². The molecule has 1 unspecified atom stereocenters. The third-order valence-corrected chi connectivity index (χ3v) is 9.25. The third-order valence-electron chi connectivity index (χ3n) is 5.16. The molecular weight excluding hydrogens is 524 g/mol. The average Bonchev–Trinajstić information content (AvgIpc) is 2.85. The summed E-state index contributed by atoms with van der Waals surface area (Å²) < 4.78 is 47.5. The van der Waals surface area contributed by atoms with Gasteiger partial charge < -0.3 is 33.6 Å². The van der Waals surface area contributed by atoms with Crippen LogP contribution in [-0.2, 0) is 48.2 Å². The summed E-state index contributed by atoms with van der Waals surface area (Å²) in [6, 6.07) is 8.82. The van der Waals surface area contributed by atoms with Gasteiger partial charge in [0, 0.05) is 6.54 Å². The Morgan fingerprint density at radius 2 is 1.46 bits per heavy atom. The molecule has 0 saturated carbocycles. The van der Waals surface area contributed by atoms with E-state index in [-0.39, 0.29) is 39.4 Å². The monoisotopic (exact) mass is 563 g/mol. The van der Waals surface area contributed by atoms with Gasteiger partial charge in [-0.05, 0) is 47.1 Å². The van der Waals surface area contributed by atoms with Gasteiger partial charge in [0.25, 0.3) is 5.91 Å². The highest BCUT2D eigenvalue weighted by molar-refractivity contribution is 7.55. The van der Waals surface area contributed by atoms with Crippen molar-refractivity contribution in [3.05, 3.63) is 35.9 Å². The lowest BCUT2D eigenvalue weighted by molar-refractivity contribution is -0.147. The second kappa shape index (κ2) is 15.4. The van der Waals surface area contributed by atoms with E-state index in [0.29, 0.717) is 5.56 Å². The summed E-state index contributed by atoms with van der Waals surface area (Å²) in [5, 5.41) is 4.81. The summed E-state index contributed by atoms with van der Waals surface area (Å²) in [5.41, 5.74) is -0.916. The number of hydrogen-bond acceptors (Lipinski definition) is 9. The summed E-state index contributed by atoms with van der Waals surface area (Å²) in [4.78, 5) is 39.8. The molecular formula is C23H39N3O9P2. The Hall–Kier alpha value is -2.07. The Bertz CT molecular complexity index is 955. The Morgan fingerprint density at radius 1 is 0.946 bits per heavy atom. The van der Waals surface area contributed by atoms with Gasteiger partial charge in [-0.25, -0.2) is 0 Å². The fraction of sp³-hybridized carbons (Fsp3) is 0.609. The van der Waals surface area contributed by atoms with Crippen LogP contribution in [0.1, 0.15) is 47.1 Å². The number of benzene rings is 1. The highest BCUT2D eigenvalue weighted by Gasteiger charge is 2.48. The average molecular weight is 564 g/mol. The Kier molecular flexibility index (Phi) is 13.7. The quantitative estimate of drug-likeness (QED) is 0.202. The molecule has 0 heterocycles. The van der Waals surface area contributed by atoms with Crippen LogP contribution in [0.15, 0.2) is 30.3 Å². The molecule has 0 fully saturated rings. The third kappa shape index (κ3) is 9.32. The maximum Gasteiger partial charge on any atom is 0.362 e. The van der Waals surface area contributed by atoms with Crippen molar-refractivity contribution in [2.75, 3.05) is 32.7 Å². The van der Waals surface area contributed by atoms with E-state index >= 15 is 0 Å². The van der Waals surface area contributed by atoms with Crippen LogP contribution < -0.4 is 10.6 Å². The smallest absolute Gasteiger partial charge is 0.342 e. The number of hydrogen-bond donors (Lipinski definition) is 2. The molecule has 0 aromatic heterocycles. The van der Waals surface area contributed by atoms with Gasteiger partial charge in [0.15, 0.2) is 0 Å². The lowest BCUT2D eigenvalue weighted by atomic mass is 10.00. The molecule has 2 N–H and O–H groups in total. The van der Waals surface area contributed by atoms with Crippen LogP contribution in [0.25, 0.3) is 0 Å². The molecule has 0 radical (unpaired) electrons.